The van der Waals surface area contributed by atoms with Gasteiger partial charge in [0.25, 0.3) is 0 Å². The van der Waals surface area contributed by atoms with Crippen LogP contribution in [-0.4, -0.2) is 46.4 Å². The molecule has 2 amide bonds. The standard InChI is InChI=1S/C19H24N4O3/c1-25-17-5-3-4-16(18(17)26-2)22-19(24)21-14-6-8-15(9-7-14)23-12-10-20-11-13-23/h3-9,20H,10-13H2,1-2H3,(H2,21,22,24). The van der Waals surface area contributed by atoms with Crippen LogP contribution in [0.25, 0.3) is 0 Å². The van der Waals surface area contributed by atoms with E-state index in [0.717, 1.165) is 37.6 Å². The Hall–Kier alpha value is -2.93. The summed E-state index contributed by atoms with van der Waals surface area (Å²) in [6.45, 7) is 3.96. The minimum absolute atomic E-state index is 0.341. The van der Waals surface area contributed by atoms with Gasteiger partial charge < -0.3 is 30.3 Å². The molecule has 0 saturated carbocycles. The van der Waals surface area contributed by atoms with E-state index < -0.39 is 0 Å². The molecule has 3 N–H and O–H groups in total. The van der Waals surface area contributed by atoms with Gasteiger partial charge in [-0.3, -0.25) is 0 Å². The van der Waals surface area contributed by atoms with Crippen LogP contribution < -0.4 is 30.3 Å². The molecule has 1 aliphatic rings. The summed E-state index contributed by atoms with van der Waals surface area (Å²) in [6, 6.07) is 12.8. The summed E-state index contributed by atoms with van der Waals surface area (Å²) in [6.07, 6.45) is 0. The Kier molecular flexibility index (Phi) is 5.80. The van der Waals surface area contributed by atoms with Crippen molar-refractivity contribution in [2.75, 3.05) is 55.9 Å². The number of carbonyl (C=O) groups is 1. The molecule has 1 saturated heterocycles. The Morgan fingerprint density at radius 2 is 1.73 bits per heavy atom. The van der Waals surface area contributed by atoms with Crippen molar-refractivity contribution in [3.8, 4) is 11.5 Å². The largest absolute Gasteiger partial charge is 0.493 e. The van der Waals surface area contributed by atoms with Crippen molar-refractivity contribution in [2.45, 2.75) is 0 Å². The minimum atomic E-state index is -0.341. The second-order valence-corrected chi connectivity index (χ2v) is 5.90. The van der Waals surface area contributed by atoms with Crippen LogP contribution >= 0.6 is 0 Å². The molecule has 26 heavy (non-hydrogen) atoms. The summed E-state index contributed by atoms with van der Waals surface area (Å²) < 4.78 is 10.6. The molecule has 2 aromatic carbocycles. The molecular formula is C19H24N4O3. The van der Waals surface area contributed by atoms with Gasteiger partial charge in [-0.15, -0.1) is 0 Å². The van der Waals surface area contributed by atoms with E-state index in [2.05, 4.69) is 20.9 Å². The topological polar surface area (TPSA) is 74.9 Å². The second kappa shape index (κ2) is 8.44. The average molecular weight is 356 g/mol. The van der Waals surface area contributed by atoms with E-state index in [1.807, 2.05) is 24.3 Å². The first-order chi connectivity index (χ1) is 12.7. The SMILES string of the molecule is COc1cccc(NC(=O)Nc2ccc(N3CCNCC3)cc2)c1OC. The van der Waals surface area contributed by atoms with Gasteiger partial charge in [0.2, 0.25) is 0 Å². The number of anilines is 3. The van der Waals surface area contributed by atoms with Crippen molar-refractivity contribution < 1.29 is 14.3 Å². The molecule has 3 rings (SSSR count). The summed E-state index contributed by atoms with van der Waals surface area (Å²) in [7, 11) is 3.09. The van der Waals surface area contributed by atoms with E-state index in [-0.39, 0.29) is 6.03 Å². The molecule has 1 heterocycles. The number of ether oxygens (including phenoxy) is 2. The lowest BCUT2D eigenvalue weighted by Crippen LogP contribution is -2.43. The number of amides is 2. The third-order valence-electron chi connectivity index (χ3n) is 4.26. The molecular weight excluding hydrogens is 332 g/mol. The number of rotatable bonds is 5. The predicted octanol–water partition coefficient (Wildman–Crippen LogP) is 2.76. The van der Waals surface area contributed by atoms with Crippen molar-refractivity contribution in [3.63, 3.8) is 0 Å². The zero-order valence-corrected chi connectivity index (χ0v) is 15.0. The van der Waals surface area contributed by atoms with Crippen molar-refractivity contribution in [1.82, 2.24) is 5.32 Å². The molecule has 0 spiro atoms. The molecule has 0 bridgehead atoms. The van der Waals surface area contributed by atoms with Crippen LogP contribution in [0.1, 0.15) is 0 Å². The second-order valence-electron chi connectivity index (χ2n) is 5.90. The first kappa shape index (κ1) is 17.9. The smallest absolute Gasteiger partial charge is 0.323 e. The molecule has 0 aromatic heterocycles. The fourth-order valence-corrected chi connectivity index (χ4v) is 2.95. The molecule has 0 radical (unpaired) electrons. The maximum atomic E-state index is 12.3. The number of carbonyl (C=O) groups excluding carboxylic acids is 1. The van der Waals surface area contributed by atoms with Gasteiger partial charge in [-0.05, 0) is 36.4 Å². The number of piperazine rings is 1. The van der Waals surface area contributed by atoms with Gasteiger partial charge in [-0.2, -0.15) is 0 Å². The first-order valence-electron chi connectivity index (χ1n) is 8.56. The van der Waals surface area contributed by atoms with Gasteiger partial charge in [0.1, 0.15) is 0 Å². The fraction of sp³-hybridized carbons (Fsp3) is 0.316. The highest BCUT2D eigenvalue weighted by Crippen LogP contribution is 2.34. The summed E-state index contributed by atoms with van der Waals surface area (Å²) in [5, 5.41) is 8.96. The van der Waals surface area contributed by atoms with E-state index in [1.165, 1.54) is 7.11 Å². The predicted molar refractivity (Wildman–Crippen MR) is 104 cm³/mol. The lowest BCUT2D eigenvalue weighted by atomic mass is 10.2. The normalized spacial score (nSPS) is 13.8. The van der Waals surface area contributed by atoms with E-state index in [9.17, 15) is 4.79 Å². The maximum absolute atomic E-state index is 12.3. The molecule has 0 atom stereocenters. The third kappa shape index (κ3) is 4.18. The molecule has 7 heteroatoms. The summed E-state index contributed by atoms with van der Waals surface area (Å²) >= 11 is 0. The lowest BCUT2D eigenvalue weighted by Gasteiger charge is -2.29. The molecule has 2 aromatic rings. The van der Waals surface area contributed by atoms with Crippen molar-refractivity contribution in [3.05, 3.63) is 42.5 Å². The Labute approximate surface area is 153 Å². The van der Waals surface area contributed by atoms with Crippen molar-refractivity contribution in [2.24, 2.45) is 0 Å². The maximum Gasteiger partial charge on any atom is 0.323 e. The van der Waals surface area contributed by atoms with Crippen LogP contribution in [0.4, 0.5) is 21.9 Å². The van der Waals surface area contributed by atoms with Crippen LogP contribution in [0.15, 0.2) is 42.5 Å². The number of nitrogens with zero attached hydrogens (tertiary/aromatic N) is 1. The van der Waals surface area contributed by atoms with Gasteiger partial charge in [-0.1, -0.05) is 6.07 Å². The van der Waals surface area contributed by atoms with Crippen LogP contribution in [-0.2, 0) is 0 Å². The highest BCUT2D eigenvalue weighted by molar-refractivity contribution is 6.01. The zero-order valence-electron chi connectivity index (χ0n) is 15.0. The van der Waals surface area contributed by atoms with Gasteiger partial charge in [-0.25, -0.2) is 4.79 Å². The van der Waals surface area contributed by atoms with Crippen molar-refractivity contribution >= 4 is 23.1 Å². The number of nitrogens with one attached hydrogen (secondary N) is 3. The number of hydrogen-bond acceptors (Lipinski definition) is 5. The number of urea groups is 1. The van der Waals surface area contributed by atoms with Crippen LogP contribution in [0.5, 0.6) is 11.5 Å². The Bertz CT molecular complexity index is 743. The van der Waals surface area contributed by atoms with Gasteiger partial charge in [0.15, 0.2) is 11.5 Å². The van der Waals surface area contributed by atoms with Crippen molar-refractivity contribution in [1.29, 1.82) is 0 Å². The molecule has 138 valence electrons. The quantitative estimate of drug-likeness (QED) is 0.768. The highest BCUT2D eigenvalue weighted by Gasteiger charge is 2.13. The molecule has 1 fully saturated rings. The first-order valence-corrected chi connectivity index (χ1v) is 8.56. The number of benzene rings is 2. The number of methoxy groups -OCH3 is 2. The Morgan fingerprint density at radius 1 is 1.00 bits per heavy atom. The van der Waals surface area contributed by atoms with Crippen LogP contribution in [0.3, 0.4) is 0 Å². The Balaban J connectivity index is 1.63. The lowest BCUT2D eigenvalue weighted by molar-refractivity contribution is 0.262. The highest BCUT2D eigenvalue weighted by atomic mass is 16.5. The average Bonchev–Trinajstić information content (AvgIpc) is 2.69. The van der Waals surface area contributed by atoms with E-state index in [1.54, 1.807) is 25.3 Å². The minimum Gasteiger partial charge on any atom is -0.493 e. The summed E-state index contributed by atoms with van der Waals surface area (Å²) in [4.78, 5) is 14.6. The van der Waals surface area contributed by atoms with Crippen LogP contribution in [0.2, 0.25) is 0 Å². The van der Waals surface area contributed by atoms with E-state index in [4.69, 9.17) is 9.47 Å². The van der Waals surface area contributed by atoms with Gasteiger partial charge >= 0.3 is 6.03 Å². The monoisotopic (exact) mass is 356 g/mol. The van der Waals surface area contributed by atoms with Gasteiger partial charge in [0, 0.05) is 37.6 Å². The fourth-order valence-electron chi connectivity index (χ4n) is 2.95. The van der Waals surface area contributed by atoms with E-state index >= 15 is 0 Å². The van der Waals surface area contributed by atoms with Crippen LogP contribution in [0, 0.1) is 0 Å². The molecule has 0 unspecified atom stereocenters. The Morgan fingerprint density at radius 3 is 2.38 bits per heavy atom. The molecule has 1 aliphatic heterocycles. The molecule has 7 nitrogen and oxygen atoms in total. The molecule has 0 aliphatic carbocycles. The van der Waals surface area contributed by atoms with Gasteiger partial charge in [0.05, 0.1) is 19.9 Å². The zero-order chi connectivity index (χ0) is 18.4. The summed E-state index contributed by atoms with van der Waals surface area (Å²) in [5.41, 5.74) is 2.43. The summed E-state index contributed by atoms with van der Waals surface area (Å²) in [5.74, 6) is 1.05. The number of hydrogen-bond donors (Lipinski definition) is 3. The third-order valence-corrected chi connectivity index (χ3v) is 4.26. The van der Waals surface area contributed by atoms with E-state index in [0.29, 0.717) is 17.2 Å². The number of para-hydroxylation sites is 1.